The number of methoxy groups -OCH3 is 1. The molecule has 10 nitrogen and oxygen atoms in total. The van der Waals surface area contributed by atoms with E-state index in [-0.39, 0.29) is 35.2 Å². The molecule has 2 heterocycles. The highest BCUT2D eigenvalue weighted by molar-refractivity contribution is 6.06. The van der Waals surface area contributed by atoms with Crippen LogP contribution in [0.3, 0.4) is 0 Å². The zero-order valence-corrected chi connectivity index (χ0v) is 17.0. The van der Waals surface area contributed by atoms with Crippen LogP contribution in [-0.2, 0) is 0 Å². The number of hydrogen-bond acceptors (Lipinski definition) is 7. The summed E-state index contributed by atoms with van der Waals surface area (Å²) in [5.41, 5.74) is 13.5. The first-order valence-corrected chi connectivity index (χ1v) is 9.99. The normalized spacial score (nSPS) is 18.6. The minimum Gasteiger partial charge on any atom is -0.495 e. The molecule has 4 rings (SSSR count). The van der Waals surface area contributed by atoms with Crippen LogP contribution >= 0.6 is 0 Å². The predicted octanol–water partition coefficient (Wildman–Crippen LogP) is 1.12. The van der Waals surface area contributed by atoms with Crippen LogP contribution < -0.4 is 21.5 Å². The van der Waals surface area contributed by atoms with Crippen LogP contribution in [0.5, 0.6) is 5.75 Å². The molecule has 1 fully saturated rings. The van der Waals surface area contributed by atoms with Gasteiger partial charge in [-0.2, -0.15) is 5.10 Å². The number of nitrogens with one attached hydrogen (secondary N) is 1. The van der Waals surface area contributed by atoms with E-state index in [1.165, 1.54) is 18.0 Å². The maximum Gasteiger partial charge on any atom is 0.253 e. The molecule has 1 saturated carbocycles. The van der Waals surface area contributed by atoms with Crippen molar-refractivity contribution < 1.29 is 19.4 Å². The molecule has 0 radical (unpaired) electrons. The third kappa shape index (κ3) is 3.77. The third-order valence-corrected chi connectivity index (χ3v) is 5.62. The number of carbonyl (C=O) groups excluding carboxylic acids is 2. The second-order valence-electron chi connectivity index (χ2n) is 7.58. The lowest BCUT2D eigenvalue weighted by molar-refractivity contribution is 0.0869. The molecule has 2 aromatic heterocycles. The minimum atomic E-state index is -0.633. The summed E-state index contributed by atoms with van der Waals surface area (Å²) in [5.74, 6) is -0.516. The van der Waals surface area contributed by atoms with Crippen LogP contribution in [-0.4, -0.2) is 50.8 Å². The first kappa shape index (κ1) is 20.6. The van der Waals surface area contributed by atoms with Crippen LogP contribution in [0.1, 0.15) is 46.4 Å². The number of fused-ring (bicyclic) bond motifs is 1. The molecule has 0 atom stereocenters. The number of hydrogen-bond donors (Lipinski definition) is 4. The fourth-order valence-electron chi connectivity index (χ4n) is 4.07. The Morgan fingerprint density at radius 3 is 2.65 bits per heavy atom. The zero-order chi connectivity index (χ0) is 22.1. The summed E-state index contributed by atoms with van der Waals surface area (Å²) in [5, 5.41) is 17.0. The van der Waals surface area contributed by atoms with Crippen molar-refractivity contribution in [2.75, 3.05) is 12.8 Å². The van der Waals surface area contributed by atoms with Gasteiger partial charge in [0, 0.05) is 11.6 Å². The van der Waals surface area contributed by atoms with E-state index in [0.717, 1.165) is 0 Å². The smallest absolute Gasteiger partial charge is 0.253 e. The van der Waals surface area contributed by atoms with Crippen molar-refractivity contribution in [1.82, 2.24) is 19.9 Å². The number of carbonyl (C=O) groups is 2. The van der Waals surface area contributed by atoms with Gasteiger partial charge in [0.1, 0.15) is 17.6 Å². The van der Waals surface area contributed by atoms with Crippen molar-refractivity contribution in [2.45, 2.75) is 37.8 Å². The van der Waals surface area contributed by atoms with E-state index in [1.807, 2.05) is 0 Å². The lowest BCUT2D eigenvalue weighted by Gasteiger charge is -2.26. The maximum atomic E-state index is 13.1. The van der Waals surface area contributed by atoms with E-state index in [4.69, 9.17) is 16.2 Å². The van der Waals surface area contributed by atoms with Crippen molar-refractivity contribution in [2.24, 2.45) is 5.73 Å². The van der Waals surface area contributed by atoms with Gasteiger partial charge in [-0.3, -0.25) is 9.59 Å². The summed E-state index contributed by atoms with van der Waals surface area (Å²) in [6.07, 6.45) is 3.67. The highest BCUT2D eigenvalue weighted by Gasteiger charge is 2.26. The molecule has 1 aliphatic rings. The van der Waals surface area contributed by atoms with E-state index in [2.05, 4.69) is 15.4 Å². The molecule has 6 N–H and O–H groups in total. The lowest BCUT2D eigenvalue weighted by atomic mass is 9.93. The van der Waals surface area contributed by atoms with E-state index in [1.54, 1.807) is 24.3 Å². The fourth-order valence-corrected chi connectivity index (χ4v) is 4.07. The highest BCUT2D eigenvalue weighted by atomic mass is 16.5. The van der Waals surface area contributed by atoms with Crippen molar-refractivity contribution in [3.05, 3.63) is 41.7 Å². The Morgan fingerprint density at radius 2 is 1.97 bits per heavy atom. The number of para-hydroxylation sites is 1. The predicted molar refractivity (Wildman–Crippen MR) is 114 cm³/mol. The van der Waals surface area contributed by atoms with Crippen LogP contribution in [0.4, 0.5) is 5.82 Å². The number of rotatable bonds is 5. The van der Waals surface area contributed by atoms with Crippen LogP contribution in [0.15, 0.2) is 30.6 Å². The van der Waals surface area contributed by atoms with E-state index in [0.29, 0.717) is 48.0 Å². The quantitative estimate of drug-likeness (QED) is 0.478. The number of nitrogens with zero attached hydrogens (tertiary/aromatic N) is 3. The second kappa shape index (κ2) is 8.23. The molecule has 1 aliphatic carbocycles. The average Bonchev–Trinajstić information content (AvgIpc) is 3.15. The number of nitrogen functional groups attached to an aromatic ring is 1. The van der Waals surface area contributed by atoms with Gasteiger partial charge < -0.3 is 26.6 Å². The van der Waals surface area contributed by atoms with E-state index in [9.17, 15) is 14.7 Å². The van der Waals surface area contributed by atoms with Gasteiger partial charge in [-0.1, -0.05) is 6.07 Å². The first-order chi connectivity index (χ1) is 14.9. The van der Waals surface area contributed by atoms with Gasteiger partial charge in [0.2, 0.25) is 0 Å². The van der Waals surface area contributed by atoms with Crippen molar-refractivity contribution in [1.29, 1.82) is 0 Å². The number of nitrogens with two attached hydrogens (primary N) is 2. The average molecular weight is 424 g/mol. The number of aliphatic hydroxyl groups is 1. The molecule has 31 heavy (non-hydrogen) atoms. The molecule has 1 aromatic carbocycles. The van der Waals surface area contributed by atoms with Gasteiger partial charge in [-0.15, -0.1) is 0 Å². The van der Waals surface area contributed by atoms with Crippen LogP contribution in [0.2, 0.25) is 0 Å². The van der Waals surface area contributed by atoms with Crippen molar-refractivity contribution >= 4 is 23.1 Å². The highest BCUT2D eigenvalue weighted by Crippen LogP contribution is 2.36. The lowest BCUT2D eigenvalue weighted by Crippen LogP contribution is -2.38. The Kier molecular flexibility index (Phi) is 5.47. The summed E-state index contributed by atoms with van der Waals surface area (Å²) in [6, 6.07) is 6.60. The number of aromatic nitrogens is 3. The molecule has 10 heteroatoms. The fraction of sp³-hybridized carbons (Fsp3) is 0.333. The standard InChI is InChI=1S/C21H24N6O4/c1-31-18-13(3-2-4-14(18)20(23)29)16-9-15(17-19(22)24-10-25-27(16)17)21(30)26-11-5-7-12(28)8-6-11/h2-4,9-12,28H,5-8H2,1H3,(H2,23,29)(H,26,30)(H2,22,24,25). The number of ether oxygens (including phenoxy) is 1. The topological polar surface area (TPSA) is 158 Å². The van der Waals surface area contributed by atoms with Crippen molar-refractivity contribution in [3.63, 3.8) is 0 Å². The Balaban J connectivity index is 1.81. The minimum absolute atomic E-state index is 0.0344. The summed E-state index contributed by atoms with van der Waals surface area (Å²) < 4.78 is 6.96. The molecule has 0 spiro atoms. The molecular formula is C21H24N6O4. The summed E-state index contributed by atoms with van der Waals surface area (Å²) >= 11 is 0. The largest absolute Gasteiger partial charge is 0.495 e. The van der Waals surface area contributed by atoms with Crippen molar-refractivity contribution in [3.8, 4) is 17.0 Å². The number of amides is 2. The molecule has 3 aromatic rings. The van der Waals surface area contributed by atoms with Gasteiger partial charge in [-0.25, -0.2) is 9.50 Å². The molecule has 2 amide bonds. The maximum absolute atomic E-state index is 13.1. The van der Waals surface area contributed by atoms with E-state index >= 15 is 0 Å². The monoisotopic (exact) mass is 424 g/mol. The van der Waals surface area contributed by atoms with Gasteiger partial charge in [-0.05, 0) is 43.9 Å². The molecule has 0 unspecified atom stereocenters. The zero-order valence-electron chi connectivity index (χ0n) is 17.0. The molecule has 0 bridgehead atoms. The summed E-state index contributed by atoms with van der Waals surface area (Å²) in [6.45, 7) is 0. The Morgan fingerprint density at radius 1 is 1.23 bits per heavy atom. The van der Waals surface area contributed by atoms with E-state index < -0.39 is 5.91 Å². The number of anilines is 1. The molecule has 162 valence electrons. The Hall–Kier alpha value is -3.66. The Bertz CT molecular complexity index is 1150. The Labute approximate surface area is 178 Å². The van der Waals surface area contributed by atoms with Crippen LogP contribution in [0, 0.1) is 0 Å². The molecule has 0 saturated heterocycles. The summed E-state index contributed by atoms with van der Waals surface area (Å²) in [7, 11) is 1.44. The number of benzene rings is 1. The summed E-state index contributed by atoms with van der Waals surface area (Å²) in [4.78, 5) is 29.0. The van der Waals surface area contributed by atoms with Gasteiger partial charge in [0.25, 0.3) is 11.8 Å². The van der Waals surface area contributed by atoms with Gasteiger partial charge in [0.05, 0.1) is 30.0 Å². The van der Waals surface area contributed by atoms with Gasteiger partial charge in [0.15, 0.2) is 5.82 Å². The first-order valence-electron chi connectivity index (χ1n) is 9.99. The second-order valence-corrected chi connectivity index (χ2v) is 7.58. The third-order valence-electron chi connectivity index (χ3n) is 5.62. The number of primary amides is 1. The number of aliphatic hydroxyl groups excluding tert-OH is 1. The molecular weight excluding hydrogens is 400 g/mol. The SMILES string of the molecule is COc1c(C(N)=O)cccc1-c1cc(C(=O)NC2CCC(O)CC2)c2c(N)ncnn12. The van der Waals surface area contributed by atoms with Crippen LogP contribution in [0.25, 0.3) is 16.8 Å². The molecule has 0 aliphatic heterocycles. The van der Waals surface area contributed by atoms with Gasteiger partial charge >= 0.3 is 0 Å².